The Kier molecular flexibility index (Phi) is 8.50. The lowest BCUT2D eigenvalue weighted by atomic mass is 9.61. The zero-order valence-electron chi connectivity index (χ0n) is 20.6. The summed E-state index contributed by atoms with van der Waals surface area (Å²) < 4.78 is 0. The Bertz CT molecular complexity index is 1100. The van der Waals surface area contributed by atoms with Crippen LogP contribution in [0.3, 0.4) is 0 Å². The number of allylic oxidation sites excluding steroid dienone is 6. The highest BCUT2D eigenvalue weighted by Crippen LogP contribution is 2.49. The third kappa shape index (κ3) is 5.80. The van der Waals surface area contributed by atoms with Crippen molar-refractivity contribution in [2.24, 2.45) is 46.6 Å². The summed E-state index contributed by atoms with van der Waals surface area (Å²) in [5, 5.41) is 13.0. The topological polar surface area (TPSA) is 171 Å². The Morgan fingerprint density at radius 2 is 1.78 bits per heavy atom. The van der Waals surface area contributed by atoms with Crippen LogP contribution in [0.2, 0.25) is 0 Å². The molecule has 0 spiro atoms. The van der Waals surface area contributed by atoms with Crippen LogP contribution in [-0.4, -0.2) is 29.1 Å². The van der Waals surface area contributed by atoms with Gasteiger partial charge in [0.05, 0.1) is 5.92 Å². The van der Waals surface area contributed by atoms with Crippen LogP contribution in [-0.2, 0) is 24.1 Å². The van der Waals surface area contributed by atoms with E-state index in [0.717, 1.165) is 18.4 Å². The Morgan fingerprint density at radius 3 is 2.32 bits per heavy atom. The monoisotopic (exact) mass is 511 g/mol. The van der Waals surface area contributed by atoms with E-state index in [0.29, 0.717) is 49.7 Å². The number of nitroso groups, excluding NO2 is 1. The van der Waals surface area contributed by atoms with Crippen molar-refractivity contribution in [3.63, 3.8) is 0 Å². The molecule has 0 bridgehead atoms. The molecule has 6 unspecified atom stereocenters. The third-order valence-electron chi connectivity index (χ3n) is 8.45. The van der Waals surface area contributed by atoms with Gasteiger partial charge < -0.3 is 14.8 Å². The van der Waals surface area contributed by atoms with Crippen LogP contribution in [0.1, 0.15) is 51.4 Å². The molecule has 37 heavy (non-hydrogen) atoms. The molecule has 0 amide bonds. The molecular formula is C27H33N3O7. The van der Waals surface area contributed by atoms with E-state index in [9.17, 15) is 24.4 Å². The van der Waals surface area contributed by atoms with Gasteiger partial charge >= 0.3 is 17.9 Å². The molecule has 1 fully saturated rings. The fourth-order valence-corrected chi connectivity index (χ4v) is 6.42. The summed E-state index contributed by atoms with van der Waals surface area (Å²) in [5.74, 6) is 7.86. The molecule has 0 saturated heterocycles. The minimum Gasteiger partial charge on any atom is -0.478 e. The summed E-state index contributed by atoms with van der Waals surface area (Å²) in [5.41, 5.74) is 3.10. The number of nitrogens with two attached hydrogens (primary N) is 2. The van der Waals surface area contributed by atoms with Crippen LogP contribution in [0.15, 0.2) is 63.9 Å². The second-order valence-corrected chi connectivity index (χ2v) is 10.3. The van der Waals surface area contributed by atoms with E-state index < -0.39 is 29.9 Å². The van der Waals surface area contributed by atoms with E-state index in [4.69, 9.17) is 11.8 Å². The predicted molar refractivity (Wildman–Crippen MR) is 134 cm³/mol. The van der Waals surface area contributed by atoms with Gasteiger partial charge in [0.25, 0.3) is 0 Å². The van der Waals surface area contributed by atoms with Gasteiger partial charge in [-0.05, 0) is 74.7 Å². The van der Waals surface area contributed by atoms with Crippen molar-refractivity contribution in [1.29, 1.82) is 0 Å². The molecule has 0 aromatic carbocycles. The van der Waals surface area contributed by atoms with E-state index >= 15 is 0 Å². The average Bonchev–Trinajstić information content (AvgIpc) is 2.95. The molecular weight excluding hydrogens is 478 g/mol. The van der Waals surface area contributed by atoms with Gasteiger partial charge in [-0.3, -0.25) is 0 Å². The zero-order valence-corrected chi connectivity index (χ0v) is 20.6. The van der Waals surface area contributed by atoms with E-state index in [2.05, 4.69) is 14.9 Å². The van der Waals surface area contributed by atoms with Gasteiger partial charge in [0.2, 0.25) is 0 Å². The fourth-order valence-electron chi connectivity index (χ4n) is 6.42. The maximum Gasteiger partial charge on any atom is 0.352 e. The van der Waals surface area contributed by atoms with Crippen LogP contribution in [0, 0.1) is 34.5 Å². The molecule has 0 aromatic heterocycles. The highest BCUT2D eigenvalue weighted by atomic mass is 16.7. The quantitative estimate of drug-likeness (QED) is 0.341. The van der Waals surface area contributed by atoms with Gasteiger partial charge in [-0.25, -0.2) is 14.4 Å². The minimum atomic E-state index is -0.899. The van der Waals surface area contributed by atoms with Crippen LogP contribution in [0.4, 0.5) is 0 Å². The summed E-state index contributed by atoms with van der Waals surface area (Å²) in [4.78, 5) is 56.2. The normalized spacial score (nSPS) is 31.7. The number of carboxylic acids is 1. The van der Waals surface area contributed by atoms with Crippen LogP contribution >= 0.6 is 0 Å². The standard InChI is InChI=1S/C27H33N3O7/c28-36-26(33)19-9-3-16(4-10-19)22-13-21(15-1-7-18(8-2-15)25(31)32)14-23(24(22)30-35)17-5-11-20(12-6-17)27(34)37-29/h1,3-4,7,9,11,17,19,21-24H,2,5-6,8,10,12-14,28-29H2,(H,31,32). The summed E-state index contributed by atoms with van der Waals surface area (Å²) in [6, 6.07) is -0.458. The first-order chi connectivity index (χ1) is 17.9. The first-order valence-corrected chi connectivity index (χ1v) is 12.7. The number of carbonyl (C=O) groups is 3. The summed E-state index contributed by atoms with van der Waals surface area (Å²) in [6.07, 6.45) is 16.0. The van der Waals surface area contributed by atoms with Crippen molar-refractivity contribution in [3.8, 4) is 0 Å². The summed E-state index contributed by atoms with van der Waals surface area (Å²) in [6.45, 7) is 0. The van der Waals surface area contributed by atoms with Gasteiger partial charge in [-0.15, -0.1) is 0 Å². The van der Waals surface area contributed by atoms with Crippen molar-refractivity contribution in [2.45, 2.75) is 57.4 Å². The number of hydrogen-bond acceptors (Lipinski definition) is 9. The zero-order chi connectivity index (χ0) is 26.5. The Hall–Kier alpha value is -3.37. The summed E-state index contributed by atoms with van der Waals surface area (Å²) >= 11 is 0. The maximum absolute atomic E-state index is 12.3. The van der Waals surface area contributed by atoms with Crippen molar-refractivity contribution in [3.05, 3.63) is 63.7 Å². The maximum atomic E-state index is 12.3. The van der Waals surface area contributed by atoms with E-state index in [-0.39, 0.29) is 23.7 Å². The summed E-state index contributed by atoms with van der Waals surface area (Å²) in [7, 11) is 0. The fraction of sp³-hybridized carbons (Fsp3) is 0.519. The second-order valence-electron chi connectivity index (χ2n) is 10.3. The first kappa shape index (κ1) is 26.7. The molecule has 10 heteroatoms. The highest BCUT2D eigenvalue weighted by molar-refractivity contribution is 5.88. The van der Waals surface area contributed by atoms with Crippen molar-refractivity contribution in [1.82, 2.24) is 0 Å². The molecule has 4 aliphatic rings. The average molecular weight is 512 g/mol. The lowest BCUT2D eigenvalue weighted by Crippen LogP contribution is -2.42. The van der Waals surface area contributed by atoms with Crippen LogP contribution in [0.5, 0.6) is 0 Å². The second kappa shape index (κ2) is 11.8. The molecule has 0 aliphatic heterocycles. The lowest BCUT2D eigenvalue weighted by Gasteiger charge is -2.44. The number of carbonyl (C=O) groups excluding carboxylic acids is 2. The van der Waals surface area contributed by atoms with Crippen molar-refractivity contribution >= 4 is 17.9 Å². The smallest absolute Gasteiger partial charge is 0.352 e. The number of nitrogens with zero attached hydrogens (tertiary/aromatic N) is 1. The highest BCUT2D eigenvalue weighted by Gasteiger charge is 2.45. The van der Waals surface area contributed by atoms with Gasteiger partial charge in [0.15, 0.2) is 0 Å². The largest absolute Gasteiger partial charge is 0.478 e. The van der Waals surface area contributed by atoms with Gasteiger partial charge in [0.1, 0.15) is 6.04 Å². The van der Waals surface area contributed by atoms with Crippen molar-refractivity contribution in [2.75, 3.05) is 0 Å². The van der Waals surface area contributed by atoms with E-state index in [1.54, 1.807) is 12.2 Å². The van der Waals surface area contributed by atoms with E-state index in [1.165, 1.54) is 5.57 Å². The number of carboxylic acid groups (broad SMARTS) is 1. The molecule has 4 aliphatic carbocycles. The molecule has 0 radical (unpaired) electrons. The van der Waals surface area contributed by atoms with Crippen LogP contribution in [0.25, 0.3) is 0 Å². The molecule has 5 N–H and O–H groups in total. The SMILES string of the molecule is NOC(=O)C1=CCC(C2CC(C3=CC=C(C(=O)O)CC3)CC(C3=CCC(C(=O)ON)C=C3)C2N=O)CC1. The number of rotatable bonds is 7. The Labute approximate surface area is 215 Å². The molecule has 0 heterocycles. The Morgan fingerprint density at radius 1 is 0.973 bits per heavy atom. The molecule has 198 valence electrons. The number of hydrogen-bond donors (Lipinski definition) is 3. The Balaban J connectivity index is 1.62. The minimum absolute atomic E-state index is 0.0141. The molecule has 4 rings (SSSR count). The molecule has 0 aromatic rings. The third-order valence-corrected chi connectivity index (χ3v) is 8.45. The first-order valence-electron chi connectivity index (χ1n) is 12.7. The van der Waals surface area contributed by atoms with Gasteiger partial charge in [-0.2, -0.15) is 16.7 Å². The van der Waals surface area contributed by atoms with Crippen molar-refractivity contribution < 1.29 is 29.2 Å². The van der Waals surface area contributed by atoms with E-state index in [1.807, 2.05) is 24.3 Å². The molecule has 6 atom stereocenters. The lowest BCUT2D eigenvalue weighted by molar-refractivity contribution is -0.147. The van der Waals surface area contributed by atoms with Gasteiger partial charge in [0, 0.05) is 17.1 Å². The number of aliphatic carboxylic acids is 1. The van der Waals surface area contributed by atoms with Crippen LogP contribution < -0.4 is 11.8 Å². The van der Waals surface area contributed by atoms with Gasteiger partial charge in [-0.1, -0.05) is 47.2 Å². The predicted octanol–water partition coefficient (Wildman–Crippen LogP) is 3.56. The molecule has 1 saturated carbocycles. The molecule has 10 nitrogen and oxygen atoms in total.